The summed E-state index contributed by atoms with van der Waals surface area (Å²) in [4.78, 5) is 8.51. The van der Waals surface area contributed by atoms with Gasteiger partial charge in [0.25, 0.3) is 0 Å². The minimum Gasteiger partial charge on any atom is -0.388 e. The molecule has 4 atom stereocenters. The van der Waals surface area contributed by atoms with Crippen molar-refractivity contribution >= 4 is 28.7 Å². The van der Waals surface area contributed by atoms with E-state index in [1.54, 1.807) is 0 Å². The van der Waals surface area contributed by atoms with E-state index in [9.17, 15) is 14.6 Å². The van der Waals surface area contributed by atoms with Crippen molar-refractivity contribution in [2.75, 3.05) is 11.5 Å². The molecule has 3 rings (SSSR count). The van der Waals surface area contributed by atoms with Gasteiger partial charge < -0.3 is 15.9 Å². The molecule has 10 heteroatoms. The van der Waals surface area contributed by atoms with Crippen LogP contribution in [-0.4, -0.2) is 59.3 Å². The van der Waals surface area contributed by atoms with Gasteiger partial charge in [0.05, 0.1) is 6.04 Å². The van der Waals surface area contributed by atoms with Crippen LogP contribution in [0, 0.1) is 0 Å². The fourth-order valence-electron chi connectivity index (χ4n) is 2.51. The third-order valence-electron chi connectivity index (χ3n) is 3.66. The van der Waals surface area contributed by atoms with Gasteiger partial charge in [-0.1, -0.05) is 23.9 Å². The number of aliphatic hydroxyl groups excluding tert-OH is 2. The molecule has 1 aliphatic rings. The number of nitrogens with zero attached hydrogens (tertiary/aromatic N) is 5. The monoisotopic (exact) mass is 328 g/mol. The first-order valence-corrected chi connectivity index (χ1v) is 8.03. The van der Waals surface area contributed by atoms with Crippen LogP contribution >= 0.6 is 11.8 Å². The number of hydrogen-bond donors (Lipinski definition) is 3. The van der Waals surface area contributed by atoms with E-state index in [4.69, 9.17) is 5.73 Å². The first-order chi connectivity index (χ1) is 10.5. The van der Waals surface area contributed by atoms with E-state index in [-0.39, 0.29) is 12.2 Å². The predicted molar refractivity (Wildman–Crippen MR) is 79.1 cm³/mol. The third-order valence-corrected chi connectivity index (χ3v) is 4.71. The fourth-order valence-corrected chi connectivity index (χ4v) is 3.21. The van der Waals surface area contributed by atoms with Crippen LogP contribution in [0.4, 0.5) is 10.2 Å². The maximum Gasteiger partial charge on any atom is 0.191 e. The van der Waals surface area contributed by atoms with E-state index in [0.717, 1.165) is 12.2 Å². The molecule has 22 heavy (non-hydrogen) atoms. The first kappa shape index (κ1) is 15.4. The number of alkyl halides is 1. The molecule has 0 radical (unpaired) electrons. The molecule has 0 saturated heterocycles. The maximum atomic E-state index is 13.6. The van der Waals surface area contributed by atoms with Crippen molar-refractivity contribution in [2.45, 2.75) is 49.3 Å². The van der Waals surface area contributed by atoms with Crippen molar-refractivity contribution in [3.63, 3.8) is 0 Å². The highest BCUT2D eigenvalue weighted by atomic mass is 32.2. The normalized spacial score (nSPS) is 28.5. The minimum absolute atomic E-state index is 0.0534. The number of hydrogen-bond acceptors (Lipinski definition) is 8. The summed E-state index contributed by atoms with van der Waals surface area (Å²) in [6, 6.07) is -0.728. The largest absolute Gasteiger partial charge is 0.388 e. The van der Waals surface area contributed by atoms with Crippen LogP contribution in [0.2, 0.25) is 0 Å². The molecular weight excluding hydrogens is 311 g/mol. The summed E-state index contributed by atoms with van der Waals surface area (Å²) in [5.74, 6) is 1.03. The van der Waals surface area contributed by atoms with Gasteiger partial charge >= 0.3 is 0 Å². The van der Waals surface area contributed by atoms with Crippen molar-refractivity contribution in [3.8, 4) is 0 Å². The number of aromatic nitrogens is 5. The molecule has 2 aromatic rings. The summed E-state index contributed by atoms with van der Waals surface area (Å²) in [6.45, 7) is 2.04. The molecule has 0 spiro atoms. The highest BCUT2D eigenvalue weighted by molar-refractivity contribution is 7.99. The summed E-state index contributed by atoms with van der Waals surface area (Å²) in [7, 11) is 0. The highest BCUT2D eigenvalue weighted by Crippen LogP contribution is 2.34. The van der Waals surface area contributed by atoms with E-state index in [0.29, 0.717) is 16.3 Å². The molecule has 1 aliphatic carbocycles. The van der Waals surface area contributed by atoms with Crippen molar-refractivity contribution in [1.82, 2.24) is 25.0 Å². The van der Waals surface area contributed by atoms with Crippen molar-refractivity contribution in [2.24, 2.45) is 0 Å². The molecule has 1 saturated carbocycles. The number of rotatable bonds is 4. The van der Waals surface area contributed by atoms with E-state index in [2.05, 4.69) is 20.3 Å². The second-order valence-corrected chi connectivity index (χ2v) is 6.31. The quantitative estimate of drug-likeness (QED) is 0.541. The zero-order valence-corrected chi connectivity index (χ0v) is 12.7. The van der Waals surface area contributed by atoms with E-state index >= 15 is 0 Å². The first-order valence-electron chi connectivity index (χ1n) is 7.04. The zero-order valence-electron chi connectivity index (χ0n) is 11.9. The van der Waals surface area contributed by atoms with Crippen LogP contribution in [-0.2, 0) is 0 Å². The Morgan fingerprint density at radius 2 is 2.14 bits per heavy atom. The van der Waals surface area contributed by atoms with Crippen LogP contribution in [0.5, 0.6) is 0 Å². The molecule has 8 nitrogen and oxygen atoms in total. The second kappa shape index (κ2) is 5.94. The third kappa shape index (κ3) is 2.50. The lowest BCUT2D eigenvalue weighted by atomic mass is 10.2. The molecule has 120 valence electrons. The van der Waals surface area contributed by atoms with Gasteiger partial charge in [-0.25, -0.2) is 19.0 Å². The Morgan fingerprint density at radius 1 is 1.36 bits per heavy atom. The smallest absolute Gasteiger partial charge is 0.191 e. The van der Waals surface area contributed by atoms with Gasteiger partial charge in [-0.05, 0) is 6.42 Å². The second-order valence-electron chi connectivity index (χ2n) is 5.25. The SMILES string of the molecule is CCCSc1nc(N)c2nnn([C@@H]3C[C@H](F)[C@@H](O)[C@H]3O)c2n1. The Balaban J connectivity index is 2.02. The summed E-state index contributed by atoms with van der Waals surface area (Å²) in [5, 5.41) is 27.9. The minimum atomic E-state index is -1.51. The molecule has 0 aromatic carbocycles. The van der Waals surface area contributed by atoms with Gasteiger partial charge in [0, 0.05) is 12.2 Å². The summed E-state index contributed by atoms with van der Waals surface area (Å²) >= 11 is 1.45. The molecule has 2 heterocycles. The van der Waals surface area contributed by atoms with Crippen molar-refractivity contribution in [1.29, 1.82) is 0 Å². The molecule has 1 fully saturated rings. The summed E-state index contributed by atoms with van der Waals surface area (Å²) in [6.07, 6.45) is -3.30. The lowest BCUT2D eigenvalue weighted by Crippen LogP contribution is -2.30. The lowest BCUT2D eigenvalue weighted by molar-refractivity contribution is -0.00249. The molecule has 0 amide bonds. The molecule has 2 aromatic heterocycles. The van der Waals surface area contributed by atoms with E-state index in [1.807, 2.05) is 6.92 Å². The molecule has 4 N–H and O–H groups in total. The van der Waals surface area contributed by atoms with Gasteiger partial charge in [0.15, 0.2) is 22.1 Å². The average Bonchev–Trinajstić information content (AvgIpc) is 3.02. The molecular formula is C12H17FN6O2S. The molecule has 0 unspecified atom stereocenters. The van der Waals surface area contributed by atoms with Crippen LogP contribution in [0.3, 0.4) is 0 Å². The predicted octanol–water partition coefficient (Wildman–Crippen LogP) is 0.310. The van der Waals surface area contributed by atoms with Crippen molar-refractivity contribution < 1.29 is 14.6 Å². The highest BCUT2D eigenvalue weighted by Gasteiger charge is 2.44. The number of halogens is 1. The average molecular weight is 328 g/mol. The Labute approximate surface area is 129 Å². The van der Waals surface area contributed by atoms with Crippen LogP contribution in [0.25, 0.3) is 11.2 Å². The number of fused-ring (bicyclic) bond motifs is 1. The topological polar surface area (TPSA) is 123 Å². The van der Waals surface area contributed by atoms with Gasteiger partial charge in [0.1, 0.15) is 18.4 Å². The number of thioether (sulfide) groups is 1. The van der Waals surface area contributed by atoms with E-state index in [1.165, 1.54) is 16.4 Å². The fraction of sp³-hybridized carbons (Fsp3) is 0.667. The van der Waals surface area contributed by atoms with Crippen LogP contribution in [0.1, 0.15) is 25.8 Å². The van der Waals surface area contributed by atoms with Gasteiger partial charge in [-0.15, -0.1) is 5.10 Å². The van der Waals surface area contributed by atoms with Crippen LogP contribution in [0.15, 0.2) is 5.16 Å². The molecule has 0 aliphatic heterocycles. The number of nitrogens with two attached hydrogens (primary N) is 1. The molecule has 0 bridgehead atoms. The Morgan fingerprint density at radius 3 is 2.77 bits per heavy atom. The number of aliphatic hydroxyl groups is 2. The van der Waals surface area contributed by atoms with E-state index < -0.39 is 24.4 Å². The summed E-state index contributed by atoms with van der Waals surface area (Å²) in [5.41, 5.74) is 6.52. The Hall–Kier alpha value is -1.52. The Kier molecular flexibility index (Phi) is 4.15. The van der Waals surface area contributed by atoms with Gasteiger partial charge in [-0.2, -0.15) is 0 Å². The van der Waals surface area contributed by atoms with Gasteiger partial charge in [-0.3, -0.25) is 0 Å². The Bertz CT molecular complexity index is 683. The standard InChI is InChI=1S/C12H17FN6O2S/c1-2-3-22-12-15-10(14)7-11(16-12)19(18-17-7)6-4-5(13)8(20)9(6)21/h5-6,8-9,20-21H,2-4H2,1H3,(H2,14,15,16)/t5-,6+,8+,9-/m0/s1. The van der Waals surface area contributed by atoms with Gasteiger partial charge in [0.2, 0.25) is 0 Å². The zero-order chi connectivity index (χ0) is 15.9. The number of nitrogen functional groups attached to an aromatic ring is 1. The van der Waals surface area contributed by atoms with Crippen LogP contribution < -0.4 is 5.73 Å². The summed E-state index contributed by atoms with van der Waals surface area (Å²) < 4.78 is 14.9. The maximum absolute atomic E-state index is 13.6. The van der Waals surface area contributed by atoms with Crippen molar-refractivity contribution in [3.05, 3.63) is 0 Å². The lowest BCUT2D eigenvalue weighted by Gasteiger charge is -2.16. The number of anilines is 1.